The standard InChI is InChI=1S/C13H18FN3S/c14-11-1-3-12(4-2-11)17-9-7-16(8-10-17)6-5-13(15)18/h1-4H,5-10H2,(H2,15,18). The third-order valence-electron chi connectivity index (χ3n) is 3.24. The lowest BCUT2D eigenvalue weighted by Crippen LogP contribution is -2.47. The third-order valence-corrected chi connectivity index (χ3v) is 3.44. The lowest BCUT2D eigenvalue weighted by Gasteiger charge is -2.36. The number of halogens is 1. The van der Waals surface area contributed by atoms with Crippen LogP contribution in [0.15, 0.2) is 24.3 Å². The van der Waals surface area contributed by atoms with E-state index < -0.39 is 0 Å². The molecule has 0 bridgehead atoms. The Morgan fingerprint density at radius 3 is 2.33 bits per heavy atom. The third kappa shape index (κ3) is 3.65. The summed E-state index contributed by atoms with van der Waals surface area (Å²) in [4.78, 5) is 5.21. The van der Waals surface area contributed by atoms with Crippen LogP contribution in [-0.4, -0.2) is 42.6 Å². The molecule has 1 aromatic carbocycles. The van der Waals surface area contributed by atoms with Gasteiger partial charge >= 0.3 is 0 Å². The highest BCUT2D eigenvalue weighted by Crippen LogP contribution is 2.16. The predicted molar refractivity (Wildman–Crippen MR) is 76.5 cm³/mol. The molecule has 0 amide bonds. The van der Waals surface area contributed by atoms with Gasteiger partial charge in [0.1, 0.15) is 5.82 Å². The van der Waals surface area contributed by atoms with Crippen molar-refractivity contribution >= 4 is 22.9 Å². The number of hydrogen-bond donors (Lipinski definition) is 1. The van der Waals surface area contributed by atoms with Crippen LogP contribution in [0.3, 0.4) is 0 Å². The number of hydrogen-bond acceptors (Lipinski definition) is 3. The van der Waals surface area contributed by atoms with Crippen LogP contribution in [0.5, 0.6) is 0 Å². The number of rotatable bonds is 4. The summed E-state index contributed by atoms with van der Waals surface area (Å²) in [7, 11) is 0. The van der Waals surface area contributed by atoms with E-state index in [-0.39, 0.29) is 5.82 Å². The normalized spacial score (nSPS) is 16.8. The van der Waals surface area contributed by atoms with Gasteiger partial charge in [0.05, 0.1) is 4.99 Å². The van der Waals surface area contributed by atoms with Crippen molar-refractivity contribution in [2.45, 2.75) is 6.42 Å². The number of nitrogens with two attached hydrogens (primary N) is 1. The highest BCUT2D eigenvalue weighted by molar-refractivity contribution is 7.80. The van der Waals surface area contributed by atoms with Crippen LogP contribution in [0.1, 0.15) is 6.42 Å². The van der Waals surface area contributed by atoms with Crippen LogP contribution < -0.4 is 10.6 Å². The van der Waals surface area contributed by atoms with Crippen LogP contribution in [0.25, 0.3) is 0 Å². The molecule has 0 unspecified atom stereocenters. The van der Waals surface area contributed by atoms with Crippen LogP contribution in [0.2, 0.25) is 0 Å². The zero-order valence-electron chi connectivity index (χ0n) is 10.3. The Balaban J connectivity index is 1.83. The minimum atomic E-state index is -0.186. The Morgan fingerprint density at radius 1 is 1.17 bits per heavy atom. The molecule has 1 aromatic rings. The Hall–Kier alpha value is -1.20. The Kier molecular flexibility index (Phi) is 4.49. The predicted octanol–water partition coefficient (Wildman–Crippen LogP) is 1.62. The largest absolute Gasteiger partial charge is 0.393 e. The number of benzene rings is 1. The second kappa shape index (κ2) is 6.11. The van der Waals surface area contributed by atoms with E-state index in [9.17, 15) is 4.39 Å². The van der Waals surface area contributed by atoms with E-state index in [2.05, 4.69) is 9.80 Å². The number of thiocarbonyl (C=S) groups is 1. The van der Waals surface area contributed by atoms with Gasteiger partial charge < -0.3 is 10.6 Å². The molecule has 0 aromatic heterocycles. The summed E-state index contributed by atoms with van der Waals surface area (Å²) in [6.07, 6.45) is 0.784. The van der Waals surface area contributed by atoms with Crippen molar-refractivity contribution in [2.75, 3.05) is 37.6 Å². The van der Waals surface area contributed by atoms with Gasteiger partial charge in [0.2, 0.25) is 0 Å². The van der Waals surface area contributed by atoms with Crippen molar-refractivity contribution in [3.05, 3.63) is 30.1 Å². The van der Waals surface area contributed by atoms with Crippen molar-refractivity contribution < 1.29 is 4.39 Å². The first-order valence-corrected chi connectivity index (χ1v) is 6.57. The Labute approximate surface area is 112 Å². The van der Waals surface area contributed by atoms with E-state index in [4.69, 9.17) is 18.0 Å². The van der Waals surface area contributed by atoms with Gasteiger partial charge in [-0.3, -0.25) is 4.90 Å². The van der Waals surface area contributed by atoms with Gasteiger partial charge in [-0.05, 0) is 24.3 Å². The topological polar surface area (TPSA) is 32.5 Å². The molecule has 0 atom stereocenters. The molecule has 0 spiro atoms. The van der Waals surface area contributed by atoms with E-state index in [0.29, 0.717) is 4.99 Å². The monoisotopic (exact) mass is 267 g/mol. The minimum Gasteiger partial charge on any atom is -0.393 e. The van der Waals surface area contributed by atoms with Crippen LogP contribution in [0, 0.1) is 5.82 Å². The minimum absolute atomic E-state index is 0.186. The molecule has 2 N–H and O–H groups in total. The van der Waals surface area contributed by atoms with Gasteiger partial charge in [0.15, 0.2) is 0 Å². The zero-order chi connectivity index (χ0) is 13.0. The van der Waals surface area contributed by atoms with E-state index >= 15 is 0 Å². The van der Waals surface area contributed by atoms with Gasteiger partial charge in [-0.1, -0.05) is 12.2 Å². The van der Waals surface area contributed by atoms with Crippen molar-refractivity contribution in [3.63, 3.8) is 0 Å². The SMILES string of the molecule is NC(=S)CCN1CCN(c2ccc(F)cc2)CC1. The molecule has 2 rings (SSSR count). The molecule has 1 saturated heterocycles. The average Bonchev–Trinajstić information content (AvgIpc) is 2.38. The smallest absolute Gasteiger partial charge is 0.123 e. The summed E-state index contributed by atoms with van der Waals surface area (Å²) in [5.74, 6) is -0.186. The summed E-state index contributed by atoms with van der Waals surface area (Å²) in [6.45, 7) is 4.86. The summed E-state index contributed by atoms with van der Waals surface area (Å²) >= 11 is 4.88. The van der Waals surface area contributed by atoms with Gasteiger partial charge in [0, 0.05) is 44.8 Å². The number of anilines is 1. The summed E-state index contributed by atoms with van der Waals surface area (Å²) in [5.41, 5.74) is 6.59. The first kappa shape index (κ1) is 13.2. The number of nitrogens with zero attached hydrogens (tertiary/aromatic N) is 2. The fourth-order valence-corrected chi connectivity index (χ4v) is 2.24. The molecule has 5 heteroatoms. The molecule has 0 radical (unpaired) electrons. The second-order valence-corrected chi connectivity index (χ2v) is 5.05. The van der Waals surface area contributed by atoms with E-state index in [1.807, 2.05) is 12.1 Å². The molecular formula is C13H18FN3S. The van der Waals surface area contributed by atoms with Crippen LogP contribution in [-0.2, 0) is 0 Å². The molecular weight excluding hydrogens is 249 g/mol. The Morgan fingerprint density at radius 2 is 1.78 bits per heavy atom. The molecule has 1 heterocycles. The van der Waals surface area contributed by atoms with Gasteiger partial charge in [-0.25, -0.2) is 4.39 Å². The van der Waals surface area contributed by atoms with E-state index in [0.717, 1.165) is 44.8 Å². The first-order chi connectivity index (χ1) is 8.65. The molecule has 0 saturated carbocycles. The lowest BCUT2D eigenvalue weighted by atomic mass is 10.2. The van der Waals surface area contributed by atoms with E-state index in [1.54, 1.807) is 0 Å². The van der Waals surface area contributed by atoms with Gasteiger partial charge in [0.25, 0.3) is 0 Å². The van der Waals surface area contributed by atoms with Crippen molar-refractivity contribution in [1.82, 2.24) is 4.90 Å². The van der Waals surface area contributed by atoms with Crippen molar-refractivity contribution in [1.29, 1.82) is 0 Å². The summed E-state index contributed by atoms with van der Waals surface area (Å²) in [5, 5.41) is 0. The molecule has 1 fully saturated rings. The molecule has 18 heavy (non-hydrogen) atoms. The maximum atomic E-state index is 12.8. The summed E-state index contributed by atoms with van der Waals surface area (Å²) < 4.78 is 12.8. The van der Waals surface area contributed by atoms with E-state index in [1.165, 1.54) is 12.1 Å². The molecule has 98 valence electrons. The molecule has 0 aliphatic carbocycles. The average molecular weight is 267 g/mol. The highest BCUT2D eigenvalue weighted by atomic mass is 32.1. The van der Waals surface area contributed by atoms with Crippen LogP contribution >= 0.6 is 12.2 Å². The van der Waals surface area contributed by atoms with Crippen molar-refractivity contribution in [3.8, 4) is 0 Å². The van der Waals surface area contributed by atoms with Gasteiger partial charge in [-0.2, -0.15) is 0 Å². The fraction of sp³-hybridized carbons (Fsp3) is 0.462. The lowest BCUT2D eigenvalue weighted by molar-refractivity contribution is 0.265. The maximum Gasteiger partial charge on any atom is 0.123 e. The Bertz CT molecular complexity index is 399. The highest BCUT2D eigenvalue weighted by Gasteiger charge is 2.16. The van der Waals surface area contributed by atoms with Gasteiger partial charge in [-0.15, -0.1) is 0 Å². The molecule has 1 aliphatic heterocycles. The fourth-order valence-electron chi connectivity index (χ4n) is 2.15. The molecule has 1 aliphatic rings. The maximum absolute atomic E-state index is 12.8. The number of piperazine rings is 1. The first-order valence-electron chi connectivity index (χ1n) is 6.16. The van der Waals surface area contributed by atoms with Crippen LogP contribution in [0.4, 0.5) is 10.1 Å². The van der Waals surface area contributed by atoms with Crippen molar-refractivity contribution in [2.24, 2.45) is 5.73 Å². The zero-order valence-corrected chi connectivity index (χ0v) is 11.1. The second-order valence-electron chi connectivity index (χ2n) is 4.52. The molecule has 3 nitrogen and oxygen atoms in total. The quantitative estimate of drug-likeness (QED) is 0.840. The summed E-state index contributed by atoms with van der Waals surface area (Å²) in [6, 6.07) is 6.68.